The summed E-state index contributed by atoms with van der Waals surface area (Å²) in [5, 5.41) is 5.82. The number of nitrogens with zero attached hydrogens (tertiary/aromatic N) is 3. The first kappa shape index (κ1) is 18.4. The van der Waals surface area contributed by atoms with Gasteiger partial charge in [0, 0.05) is 16.0 Å². The summed E-state index contributed by atoms with van der Waals surface area (Å²) in [5.74, 6) is 1.86. The van der Waals surface area contributed by atoms with E-state index >= 15 is 0 Å². The molecule has 0 bridgehead atoms. The molecule has 0 aliphatic carbocycles. The lowest BCUT2D eigenvalue weighted by molar-refractivity contribution is 0.171. The van der Waals surface area contributed by atoms with Crippen molar-refractivity contribution in [3.8, 4) is 22.8 Å². The monoisotopic (exact) mass is 416 g/mol. The summed E-state index contributed by atoms with van der Waals surface area (Å²) >= 11 is 6.21. The molecular formula is C23H17ClN4O2. The molecule has 0 amide bonds. The number of halogens is 1. The molecule has 0 saturated carbocycles. The van der Waals surface area contributed by atoms with E-state index in [1.165, 1.54) is 0 Å². The minimum Gasteiger partial charge on any atom is -0.486 e. The summed E-state index contributed by atoms with van der Waals surface area (Å²) < 4.78 is 11.2. The summed E-state index contributed by atoms with van der Waals surface area (Å²) in [4.78, 5) is 9.24. The van der Waals surface area contributed by atoms with Crippen molar-refractivity contribution in [3.63, 3.8) is 0 Å². The van der Waals surface area contributed by atoms with Gasteiger partial charge in [-0.2, -0.15) is 5.10 Å². The van der Waals surface area contributed by atoms with E-state index in [2.05, 4.69) is 20.5 Å². The molecule has 0 unspecified atom stereocenters. The van der Waals surface area contributed by atoms with Crippen LogP contribution in [0.3, 0.4) is 0 Å². The Morgan fingerprint density at radius 3 is 2.60 bits per heavy atom. The average molecular weight is 417 g/mol. The third-order valence-electron chi connectivity index (χ3n) is 4.65. The van der Waals surface area contributed by atoms with E-state index in [-0.39, 0.29) is 0 Å². The van der Waals surface area contributed by atoms with Crippen LogP contribution in [-0.2, 0) is 0 Å². The van der Waals surface area contributed by atoms with E-state index in [1.54, 1.807) is 6.21 Å². The Morgan fingerprint density at radius 2 is 1.73 bits per heavy atom. The smallest absolute Gasteiger partial charge is 0.244 e. The average Bonchev–Trinajstić information content (AvgIpc) is 2.79. The largest absolute Gasteiger partial charge is 0.486 e. The van der Waals surface area contributed by atoms with Gasteiger partial charge in [-0.1, -0.05) is 41.9 Å². The molecule has 1 aromatic heterocycles. The Kier molecular flexibility index (Phi) is 4.91. The minimum atomic E-state index is 0.400. The van der Waals surface area contributed by atoms with Crippen molar-refractivity contribution in [2.75, 3.05) is 18.6 Å². The Hall–Kier alpha value is -3.64. The molecule has 2 heterocycles. The molecule has 0 fully saturated rings. The van der Waals surface area contributed by atoms with Crippen LogP contribution < -0.4 is 14.9 Å². The van der Waals surface area contributed by atoms with Crippen molar-refractivity contribution in [1.82, 2.24) is 9.97 Å². The zero-order chi connectivity index (χ0) is 20.3. The topological polar surface area (TPSA) is 68.6 Å². The fourth-order valence-corrected chi connectivity index (χ4v) is 3.44. The van der Waals surface area contributed by atoms with Crippen LogP contribution in [0.2, 0.25) is 5.02 Å². The van der Waals surface area contributed by atoms with E-state index in [0.29, 0.717) is 24.2 Å². The second kappa shape index (κ2) is 8.00. The van der Waals surface area contributed by atoms with Gasteiger partial charge in [-0.3, -0.25) is 0 Å². The first-order chi connectivity index (χ1) is 14.8. The molecule has 30 heavy (non-hydrogen) atoms. The predicted molar refractivity (Wildman–Crippen MR) is 119 cm³/mol. The van der Waals surface area contributed by atoms with Gasteiger partial charge >= 0.3 is 0 Å². The van der Waals surface area contributed by atoms with Gasteiger partial charge in [-0.15, -0.1) is 0 Å². The molecule has 1 aliphatic heterocycles. The van der Waals surface area contributed by atoms with Crippen LogP contribution in [-0.4, -0.2) is 29.4 Å². The number of aromatic nitrogens is 2. The summed E-state index contributed by atoms with van der Waals surface area (Å²) in [6, 6.07) is 21.2. The van der Waals surface area contributed by atoms with Crippen LogP contribution in [0, 0.1) is 0 Å². The molecule has 0 saturated heterocycles. The fraction of sp³-hybridized carbons (Fsp3) is 0.0870. The van der Waals surface area contributed by atoms with Gasteiger partial charge in [0.15, 0.2) is 11.5 Å². The highest BCUT2D eigenvalue weighted by Gasteiger charge is 2.12. The maximum atomic E-state index is 6.21. The molecule has 3 aromatic carbocycles. The zero-order valence-corrected chi connectivity index (χ0v) is 16.6. The summed E-state index contributed by atoms with van der Waals surface area (Å²) in [5.41, 5.74) is 6.36. The van der Waals surface area contributed by atoms with Crippen LogP contribution >= 0.6 is 11.6 Å². The van der Waals surface area contributed by atoms with E-state index in [0.717, 1.165) is 39.2 Å². The minimum absolute atomic E-state index is 0.400. The Balaban J connectivity index is 1.46. The summed E-state index contributed by atoms with van der Waals surface area (Å²) in [6.45, 7) is 1.11. The molecule has 4 aromatic rings. The van der Waals surface area contributed by atoms with Crippen molar-refractivity contribution in [3.05, 3.63) is 77.3 Å². The Morgan fingerprint density at radius 1 is 0.900 bits per heavy atom. The summed E-state index contributed by atoms with van der Waals surface area (Å²) in [7, 11) is 0. The van der Waals surface area contributed by atoms with Gasteiger partial charge in [0.05, 0.1) is 17.4 Å². The molecular weight excluding hydrogens is 400 g/mol. The first-order valence-corrected chi connectivity index (χ1v) is 9.85. The zero-order valence-electron chi connectivity index (χ0n) is 15.9. The molecule has 5 rings (SSSR count). The van der Waals surface area contributed by atoms with Crippen molar-refractivity contribution < 1.29 is 9.47 Å². The standard InChI is InChI=1S/C23H17ClN4O2/c24-17-7-8-19-18(13-17)22(16-4-2-1-3-5-16)27-23(26-19)28-25-14-15-6-9-20-21(12-15)30-11-10-29-20/h1-9,12-14H,10-11H2,(H,26,27,28)/b25-14+. The Bertz CT molecular complexity index is 1240. The van der Waals surface area contributed by atoms with Crippen molar-refractivity contribution in [2.45, 2.75) is 0 Å². The molecule has 7 heteroatoms. The van der Waals surface area contributed by atoms with Gasteiger partial charge in [0.1, 0.15) is 13.2 Å². The predicted octanol–water partition coefficient (Wildman–Crippen LogP) is 5.17. The van der Waals surface area contributed by atoms with Crippen molar-refractivity contribution in [2.24, 2.45) is 5.10 Å². The lowest BCUT2D eigenvalue weighted by Gasteiger charge is -2.18. The number of fused-ring (bicyclic) bond motifs is 2. The number of hydrogen-bond donors (Lipinski definition) is 1. The SMILES string of the molecule is Clc1ccc2nc(N/N=C/c3ccc4c(c3)OCCO4)nc(-c3ccccc3)c2c1. The lowest BCUT2D eigenvalue weighted by atomic mass is 10.1. The molecule has 6 nitrogen and oxygen atoms in total. The first-order valence-electron chi connectivity index (χ1n) is 9.48. The number of benzene rings is 3. The highest BCUT2D eigenvalue weighted by atomic mass is 35.5. The number of ether oxygens (including phenoxy) is 2. The van der Waals surface area contributed by atoms with Gasteiger partial charge in [-0.25, -0.2) is 15.4 Å². The number of rotatable bonds is 4. The van der Waals surface area contributed by atoms with E-state index < -0.39 is 0 Å². The number of hydrogen-bond acceptors (Lipinski definition) is 6. The van der Waals surface area contributed by atoms with Crippen LogP contribution in [0.15, 0.2) is 71.8 Å². The summed E-state index contributed by atoms with van der Waals surface area (Å²) in [6.07, 6.45) is 1.69. The number of hydrazone groups is 1. The number of nitrogens with one attached hydrogen (secondary N) is 1. The van der Waals surface area contributed by atoms with Gasteiger partial charge in [-0.05, 0) is 42.0 Å². The van der Waals surface area contributed by atoms with E-state index in [9.17, 15) is 0 Å². The van der Waals surface area contributed by atoms with Crippen molar-refractivity contribution in [1.29, 1.82) is 0 Å². The lowest BCUT2D eigenvalue weighted by Crippen LogP contribution is -2.15. The number of anilines is 1. The fourth-order valence-electron chi connectivity index (χ4n) is 3.27. The normalized spacial score (nSPS) is 13.0. The van der Waals surface area contributed by atoms with Gasteiger partial charge < -0.3 is 9.47 Å². The Labute approximate surface area is 178 Å². The molecule has 1 aliphatic rings. The molecule has 1 N–H and O–H groups in total. The third kappa shape index (κ3) is 3.77. The van der Waals surface area contributed by atoms with E-state index in [1.807, 2.05) is 66.7 Å². The molecule has 0 atom stereocenters. The quantitative estimate of drug-likeness (QED) is 0.367. The van der Waals surface area contributed by atoms with Crippen LogP contribution in [0.5, 0.6) is 11.5 Å². The van der Waals surface area contributed by atoms with Gasteiger partial charge in [0.2, 0.25) is 5.95 Å². The highest BCUT2D eigenvalue weighted by Crippen LogP contribution is 2.31. The van der Waals surface area contributed by atoms with E-state index in [4.69, 9.17) is 21.1 Å². The van der Waals surface area contributed by atoms with Gasteiger partial charge in [0.25, 0.3) is 0 Å². The van der Waals surface area contributed by atoms with Crippen LogP contribution in [0.25, 0.3) is 22.2 Å². The van der Waals surface area contributed by atoms with Crippen LogP contribution in [0.4, 0.5) is 5.95 Å². The molecule has 148 valence electrons. The maximum Gasteiger partial charge on any atom is 0.244 e. The second-order valence-corrected chi connectivity index (χ2v) is 7.13. The van der Waals surface area contributed by atoms with Crippen molar-refractivity contribution >= 4 is 34.7 Å². The second-order valence-electron chi connectivity index (χ2n) is 6.70. The van der Waals surface area contributed by atoms with Crippen LogP contribution in [0.1, 0.15) is 5.56 Å². The third-order valence-corrected chi connectivity index (χ3v) is 4.88. The highest BCUT2D eigenvalue weighted by molar-refractivity contribution is 6.31. The molecule has 0 radical (unpaired) electrons. The molecule has 0 spiro atoms. The maximum absolute atomic E-state index is 6.21.